The Kier molecular flexibility index (Phi) is 13.8. The number of rotatable bonds is 15. The van der Waals surface area contributed by atoms with Gasteiger partial charge in [0.1, 0.15) is 0 Å². The first-order chi connectivity index (χ1) is 18.2. The molecular weight excluding hydrogens is 511 g/mol. The fourth-order valence-electron chi connectivity index (χ4n) is 3.98. The molecule has 0 aromatic heterocycles. The van der Waals surface area contributed by atoms with Crippen LogP contribution in [0, 0.1) is 0 Å². The van der Waals surface area contributed by atoms with E-state index in [1.54, 1.807) is 12.1 Å². The summed E-state index contributed by atoms with van der Waals surface area (Å²) in [6, 6.07) is 10.7. The molecule has 0 radical (unpaired) electrons. The SMILES string of the molecule is CCCCCCCCCCCCCC(=O)NC(=S)Nc1ccc(C(=O)Nc2cccc(C(F)(F)F)c2)cc1. The summed E-state index contributed by atoms with van der Waals surface area (Å²) in [5.41, 5.74) is 0.0441. The molecule has 0 bridgehead atoms. The number of hydrogen-bond donors (Lipinski definition) is 3. The molecule has 2 rings (SSSR count). The van der Waals surface area contributed by atoms with Crippen LogP contribution >= 0.6 is 12.2 Å². The van der Waals surface area contributed by atoms with Crippen molar-refractivity contribution < 1.29 is 22.8 Å². The van der Waals surface area contributed by atoms with Gasteiger partial charge in [-0.15, -0.1) is 0 Å². The highest BCUT2D eigenvalue weighted by Gasteiger charge is 2.30. The second-order valence-corrected chi connectivity index (χ2v) is 9.81. The topological polar surface area (TPSA) is 70.2 Å². The molecular formula is C29H38F3N3O2S. The minimum Gasteiger partial charge on any atom is -0.332 e. The maximum atomic E-state index is 12.9. The van der Waals surface area contributed by atoms with E-state index in [0.29, 0.717) is 12.1 Å². The Morgan fingerprint density at radius 1 is 0.763 bits per heavy atom. The van der Waals surface area contributed by atoms with E-state index in [9.17, 15) is 22.8 Å². The van der Waals surface area contributed by atoms with Crippen LogP contribution in [-0.2, 0) is 11.0 Å². The lowest BCUT2D eigenvalue weighted by Crippen LogP contribution is -2.33. The number of alkyl halides is 3. The molecule has 0 aliphatic carbocycles. The Bertz CT molecular complexity index is 1030. The lowest BCUT2D eigenvalue weighted by molar-refractivity contribution is -0.137. The molecule has 0 heterocycles. The van der Waals surface area contributed by atoms with E-state index in [2.05, 4.69) is 22.9 Å². The van der Waals surface area contributed by atoms with Gasteiger partial charge in [-0.25, -0.2) is 0 Å². The highest BCUT2D eigenvalue weighted by atomic mass is 32.1. The molecule has 38 heavy (non-hydrogen) atoms. The zero-order valence-electron chi connectivity index (χ0n) is 22.0. The zero-order valence-corrected chi connectivity index (χ0v) is 22.8. The van der Waals surface area contributed by atoms with E-state index >= 15 is 0 Å². The molecule has 208 valence electrons. The van der Waals surface area contributed by atoms with Crippen LogP contribution in [0.3, 0.4) is 0 Å². The quantitative estimate of drug-likeness (QED) is 0.154. The number of halogens is 3. The second kappa shape index (κ2) is 16.8. The molecule has 3 N–H and O–H groups in total. The highest BCUT2D eigenvalue weighted by Crippen LogP contribution is 2.30. The van der Waals surface area contributed by atoms with Gasteiger partial charge in [-0.2, -0.15) is 13.2 Å². The molecule has 0 aliphatic heterocycles. The number of amides is 2. The Morgan fingerprint density at radius 3 is 1.92 bits per heavy atom. The largest absolute Gasteiger partial charge is 0.416 e. The molecule has 0 atom stereocenters. The zero-order chi connectivity index (χ0) is 27.8. The number of carbonyl (C=O) groups is 2. The average Bonchev–Trinajstić information content (AvgIpc) is 2.87. The fourth-order valence-corrected chi connectivity index (χ4v) is 4.21. The number of anilines is 2. The standard InChI is InChI=1S/C29H38F3N3O2S/c1-2-3-4-5-6-7-8-9-10-11-12-16-26(36)35-28(38)34-24-19-17-22(18-20-24)27(37)33-25-15-13-14-23(21-25)29(30,31)32/h13-15,17-21H,2-12,16H2,1H3,(H,33,37)(H2,34,35,36,38). The molecule has 0 aliphatic rings. The summed E-state index contributed by atoms with van der Waals surface area (Å²) in [6.45, 7) is 2.23. The molecule has 2 amide bonds. The van der Waals surface area contributed by atoms with Crippen LogP contribution in [0.1, 0.15) is 99.9 Å². The van der Waals surface area contributed by atoms with Crippen molar-refractivity contribution >= 4 is 40.5 Å². The first kappa shape index (κ1) is 31.3. The molecule has 2 aromatic carbocycles. The maximum Gasteiger partial charge on any atom is 0.416 e. The van der Waals surface area contributed by atoms with Crippen molar-refractivity contribution in [2.24, 2.45) is 0 Å². The van der Waals surface area contributed by atoms with Gasteiger partial charge in [0, 0.05) is 23.4 Å². The Labute approximate surface area is 229 Å². The third kappa shape index (κ3) is 12.5. The normalized spacial score (nSPS) is 11.2. The number of unbranched alkanes of at least 4 members (excludes halogenated alkanes) is 10. The number of carbonyl (C=O) groups excluding carboxylic acids is 2. The van der Waals surface area contributed by atoms with E-state index < -0.39 is 17.6 Å². The van der Waals surface area contributed by atoms with Gasteiger partial charge in [0.25, 0.3) is 5.91 Å². The predicted octanol–water partition coefficient (Wildman–Crippen LogP) is 8.47. The maximum absolute atomic E-state index is 12.9. The average molecular weight is 550 g/mol. The van der Waals surface area contributed by atoms with Gasteiger partial charge in [-0.1, -0.05) is 77.2 Å². The monoisotopic (exact) mass is 549 g/mol. The Hall–Kier alpha value is -2.94. The van der Waals surface area contributed by atoms with Crippen LogP contribution in [0.5, 0.6) is 0 Å². The summed E-state index contributed by atoms with van der Waals surface area (Å²) in [5, 5.41) is 8.19. The fraction of sp³-hybridized carbons (Fsp3) is 0.483. The van der Waals surface area contributed by atoms with Gasteiger partial charge < -0.3 is 16.0 Å². The summed E-state index contributed by atoms with van der Waals surface area (Å²) in [7, 11) is 0. The van der Waals surface area contributed by atoms with Crippen LogP contribution in [0.25, 0.3) is 0 Å². The van der Waals surface area contributed by atoms with E-state index in [1.165, 1.54) is 75.6 Å². The number of benzene rings is 2. The van der Waals surface area contributed by atoms with E-state index in [1.807, 2.05) is 0 Å². The first-order valence-electron chi connectivity index (χ1n) is 13.4. The molecule has 9 heteroatoms. The first-order valence-corrected chi connectivity index (χ1v) is 13.8. The van der Waals surface area contributed by atoms with Crippen LogP contribution in [-0.4, -0.2) is 16.9 Å². The lowest BCUT2D eigenvalue weighted by atomic mass is 10.1. The van der Waals surface area contributed by atoms with Crippen molar-refractivity contribution in [2.45, 2.75) is 90.1 Å². The third-order valence-corrected chi connectivity index (χ3v) is 6.32. The summed E-state index contributed by atoms with van der Waals surface area (Å²) in [5.74, 6) is -0.686. The van der Waals surface area contributed by atoms with Crippen molar-refractivity contribution in [3.63, 3.8) is 0 Å². The molecule has 0 unspecified atom stereocenters. The van der Waals surface area contributed by atoms with Gasteiger partial charge in [0.15, 0.2) is 5.11 Å². The third-order valence-electron chi connectivity index (χ3n) is 6.11. The molecule has 2 aromatic rings. The molecule has 0 fully saturated rings. The van der Waals surface area contributed by atoms with Crippen LogP contribution in [0.4, 0.5) is 24.5 Å². The number of nitrogens with one attached hydrogen (secondary N) is 3. The molecule has 0 saturated carbocycles. The van der Waals surface area contributed by atoms with Gasteiger partial charge in [-0.05, 0) is 61.1 Å². The second-order valence-electron chi connectivity index (χ2n) is 9.40. The predicted molar refractivity (Wildman–Crippen MR) is 151 cm³/mol. The van der Waals surface area contributed by atoms with E-state index in [4.69, 9.17) is 12.2 Å². The van der Waals surface area contributed by atoms with Crippen LogP contribution in [0.15, 0.2) is 48.5 Å². The Balaban J connectivity index is 1.64. The van der Waals surface area contributed by atoms with Crippen LogP contribution in [0.2, 0.25) is 0 Å². The van der Waals surface area contributed by atoms with Gasteiger partial charge in [0.2, 0.25) is 5.91 Å². The summed E-state index contributed by atoms with van der Waals surface area (Å²) < 4.78 is 38.6. The van der Waals surface area contributed by atoms with Crippen molar-refractivity contribution in [1.29, 1.82) is 0 Å². The summed E-state index contributed by atoms with van der Waals surface area (Å²) in [4.78, 5) is 24.6. The van der Waals surface area contributed by atoms with E-state index in [0.717, 1.165) is 31.4 Å². The molecule has 0 saturated heterocycles. The van der Waals surface area contributed by atoms with E-state index in [-0.39, 0.29) is 22.3 Å². The molecule has 5 nitrogen and oxygen atoms in total. The minimum absolute atomic E-state index is 0.0497. The summed E-state index contributed by atoms with van der Waals surface area (Å²) in [6.07, 6.45) is 9.28. The minimum atomic E-state index is -4.49. The number of thiocarbonyl (C=S) groups is 1. The smallest absolute Gasteiger partial charge is 0.332 e. The lowest BCUT2D eigenvalue weighted by Gasteiger charge is -2.11. The number of hydrogen-bond acceptors (Lipinski definition) is 3. The molecule has 0 spiro atoms. The summed E-state index contributed by atoms with van der Waals surface area (Å²) >= 11 is 5.20. The van der Waals surface area contributed by atoms with Crippen molar-refractivity contribution in [3.8, 4) is 0 Å². The van der Waals surface area contributed by atoms with Crippen molar-refractivity contribution in [2.75, 3.05) is 10.6 Å². The van der Waals surface area contributed by atoms with Gasteiger partial charge >= 0.3 is 6.18 Å². The van der Waals surface area contributed by atoms with Crippen LogP contribution < -0.4 is 16.0 Å². The highest BCUT2D eigenvalue weighted by molar-refractivity contribution is 7.80. The van der Waals surface area contributed by atoms with Gasteiger partial charge in [-0.3, -0.25) is 9.59 Å². The van der Waals surface area contributed by atoms with Crippen molar-refractivity contribution in [1.82, 2.24) is 5.32 Å². The van der Waals surface area contributed by atoms with Crippen molar-refractivity contribution in [3.05, 3.63) is 59.7 Å². The Morgan fingerprint density at radius 2 is 1.34 bits per heavy atom. The van der Waals surface area contributed by atoms with Gasteiger partial charge in [0.05, 0.1) is 5.56 Å².